The van der Waals surface area contributed by atoms with Crippen molar-refractivity contribution >= 4 is 15.9 Å². The molecule has 0 aliphatic rings. The molecule has 0 saturated carbocycles. The van der Waals surface area contributed by atoms with Gasteiger partial charge in [0, 0.05) is 4.47 Å². The molecule has 1 aromatic heterocycles. The average molecular weight is 340 g/mol. The van der Waals surface area contributed by atoms with Crippen molar-refractivity contribution in [2.45, 2.75) is 19.9 Å². The second-order valence-electron chi connectivity index (χ2n) is 4.18. The highest BCUT2D eigenvalue weighted by Gasteiger charge is 2.18. The summed E-state index contributed by atoms with van der Waals surface area (Å²) in [5.74, 6) is 2.10. The van der Waals surface area contributed by atoms with Crippen molar-refractivity contribution in [3.05, 3.63) is 46.3 Å². The largest absolute Gasteiger partial charge is 0.490 e. The van der Waals surface area contributed by atoms with Crippen molar-refractivity contribution < 1.29 is 13.9 Å². The van der Waals surface area contributed by atoms with Crippen LogP contribution in [0.1, 0.15) is 31.2 Å². The third kappa shape index (κ3) is 3.16. The van der Waals surface area contributed by atoms with Crippen molar-refractivity contribution in [3.8, 4) is 11.5 Å². The Balaban J connectivity index is 2.40. The van der Waals surface area contributed by atoms with E-state index in [9.17, 15) is 0 Å². The minimum atomic E-state index is -0.353. The van der Waals surface area contributed by atoms with Gasteiger partial charge in [-0.1, -0.05) is 15.9 Å². The van der Waals surface area contributed by atoms with Gasteiger partial charge in [-0.05, 0) is 43.7 Å². The van der Waals surface area contributed by atoms with Gasteiger partial charge in [-0.2, -0.15) is 0 Å². The summed E-state index contributed by atoms with van der Waals surface area (Å²) >= 11 is 3.53. The van der Waals surface area contributed by atoms with Crippen LogP contribution in [0.15, 0.2) is 39.4 Å². The van der Waals surface area contributed by atoms with E-state index in [1.54, 1.807) is 6.26 Å². The van der Waals surface area contributed by atoms with Crippen LogP contribution >= 0.6 is 15.9 Å². The molecule has 0 aliphatic heterocycles. The monoisotopic (exact) mass is 339 g/mol. The van der Waals surface area contributed by atoms with Crippen LogP contribution < -0.4 is 15.2 Å². The Morgan fingerprint density at radius 2 is 1.85 bits per heavy atom. The van der Waals surface area contributed by atoms with Gasteiger partial charge in [-0.15, -0.1) is 0 Å². The second-order valence-corrected chi connectivity index (χ2v) is 5.03. The third-order valence-corrected chi connectivity index (χ3v) is 3.53. The fraction of sp³-hybridized carbons (Fsp3) is 0.333. The number of hydrogen-bond donors (Lipinski definition) is 1. The number of furan rings is 1. The van der Waals surface area contributed by atoms with E-state index >= 15 is 0 Å². The highest BCUT2D eigenvalue weighted by atomic mass is 79.9. The topological polar surface area (TPSA) is 57.6 Å². The van der Waals surface area contributed by atoms with Crippen LogP contribution in [0.25, 0.3) is 0 Å². The first-order valence-corrected chi connectivity index (χ1v) is 7.34. The summed E-state index contributed by atoms with van der Waals surface area (Å²) in [6, 6.07) is 7.10. The SMILES string of the molecule is CCOc1cc(Br)c(C(N)c2ccco2)cc1OCC. The molecular formula is C15H18BrNO3. The fourth-order valence-corrected chi connectivity index (χ4v) is 2.52. The Bertz CT molecular complexity index is 554. The minimum Gasteiger partial charge on any atom is -0.490 e. The van der Waals surface area contributed by atoms with E-state index in [4.69, 9.17) is 19.6 Å². The lowest BCUT2D eigenvalue weighted by Crippen LogP contribution is -2.12. The molecule has 0 fully saturated rings. The Kier molecular flexibility index (Phi) is 5.09. The summed E-state index contributed by atoms with van der Waals surface area (Å²) in [5, 5.41) is 0. The lowest BCUT2D eigenvalue weighted by molar-refractivity contribution is 0.287. The number of halogens is 1. The van der Waals surface area contributed by atoms with E-state index < -0.39 is 0 Å². The lowest BCUT2D eigenvalue weighted by atomic mass is 10.0. The molecule has 0 aliphatic carbocycles. The molecule has 2 rings (SSSR count). The number of benzene rings is 1. The van der Waals surface area contributed by atoms with E-state index in [2.05, 4.69) is 15.9 Å². The number of hydrogen-bond acceptors (Lipinski definition) is 4. The lowest BCUT2D eigenvalue weighted by Gasteiger charge is -2.17. The summed E-state index contributed by atoms with van der Waals surface area (Å²) in [6.07, 6.45) is 1.61. The van der Waals surface area contributed by atoms with Crippen LogP contribution in [0.2, 0.25) is 0 Å². The first-order valence-electron chi connectivity index (χ1n) is 6.55. The summed E-state index contributed by atoms with van der Waals surface area (Å²) in [6.45, 7) is 5.02. The Morgan fingerprint density at radius 3 is 2.40 bits per heavy atom. The zero-order valence-corrected chi connectivity index (χ0v) is 13.1. The maximum atomic E-state index is 6.23. The summed E-state index contributed by atoms with van der Waals surface area (Å²) in [7, 11) is 0. The molecule has 1 atom stereocenters. The zero-order valence-electron chi connectivity index (χ0n) is 11.6. The van der Waals surface area contributed by atoms with Gasteiger partial charge in [-0.25, -0.2) is 0 Å². The zero-order chi connectivity index (χ0) is 14.5. The molecule has 4 nitrogen and oxygen atoms in total. The maximum Gasteiger partial charge on any atom is 0.162 e. The molecule has 1 aromatic carbocycles. The Labute approximate surface area is 127 Å². The predicted molar refractivity (Wildman–Crippen MR) is 81.2 cm³/mol. The molecule has 2 N–H and O–H groups in total. The van der Waals surface area contributed by atoms with Crippen LogP contribution in [0, 0.1) is 0 Å². The van der Waals surface area contributed by atoms with E-state index in [1.165, 1.54) is 0 Å². The first-order chi connectivity index (χ1) is 9.67. The van der Waals surface area contributed by atoms with Gasteiger partial charge in [0.25, 0.3) is 0 Å². The van der Waals surface area contributed by atoms with Crippen molar-refractivity contribution in [1.29, 1.82) is 0 Å². The third-order valence-electron chi connectivity index (χ3n) is 2.85. The van der Waals surface area contributed by atoms with E-state index in [0.29, 0.717) is 30.5 Å². The summed E-state index contributed by atoms with van der Waals surface area (Å²) in [5.41, 5.74) is 7.13. The standard InChI is InChI=1S/C15H18BrNO3/c1-3-18-13-8-10(11(16)9-14(13)19-4-2)15(17)12-6-5-7-20-12/h5-9,15H,3-4,17H2,1-2H3. The van der Waals surface area contributed by atoms with Crippen LogP contribution in [-0.4, -0.2) is 13.2 Å². The average Bonchev–Trinajstić information content (AvgIpc) is 2.95. The van der Waals surface area contributed by atoms with Crippen molar-refractivity contribution in [2.24, 2.45) is 5.73 Å². The number of nitrogens with two attached hydrogens (primary N) is 1. The van der Waals surface area contributed by atoms with Gasteiger partial charge in [-0.3, -0.25) is 0 Å². The minimum absolute atomic E-state index is 0.353. The second kappa shape index (κ2) is 6.81. The fourth-order valence-electron chi connectivity index (χ4n) is 1.95. The molecule has 2 aromatic rings. The van der Waals surface area contributed by atoms with Crippen LogP contribution in [0.3, 0.4) is 0 Å². The highest BCUT2D eigenvalue weighted by Crippen LogP contribution is 2.37. The molecular weight excluding hydrogens is 322 g/mol. The molecule has 0 amide bonds. The molecule has 108 valence electrons. The number of ether oxygens (including phenoxy) is 2. The maximum absolute atomic E-state index is 6.23. The first kappa shape index (κ1) is 14.9. The van der Waals surface area contributed by atoms with E-state index in [0.717, 1.165) is 10.0 Å². The highest BCUT2D eigenvalue weighted by molar-refractivity contribution is 9.10. The molecule has 20 heavy (non-hydrogen) atoms. The molecule has 5 heteroatoms. The van der Waals surface area contributed by atoms with Crippen molar-refractivity contribution in [3.63, 3.8) is 0 Å². The number of rotatable bonds is 6. The van der Waals surface area contributed by atoms with Gasteiger partial charge < -0.3 is 19.6 Å². The summed E-state index contributed by atoms with van der Waals surface area (Å²) < 4.78 is 17.4. The van der Waals surface area contributed by atoms with Gasteiger partial charge >= 0.3 is 0 Å². The smallest absolute Gasteiger partial charge is 0.162 e. The van der Waals surface area contributed by atoms with Crippen LogP contribution in [-0.2, 0) is 0 Å². The molecule has 0 bridgehead atoms. The summed E-state index contributed by atoms with van der Waals surface area (Å²) in [4.78, 5) is 0. The van der Waals surface area contributed by atoms with E-state index in [1.807, 2.05) is 38.1 Å². The van der Waals surface area contributed by atoms with Crippen molar-refractivity contribution in [2.75, 3.05) is 13.2 Å². The van der Waals surface area contributed by atoms with Crippen molar-refractivity contribution in [1.82, 2.24) is 0 Å². The van der Waals surface area contributed by atoms with Gasteiger partial charge in [0.2, 0.25) is 0 Å². The normalized spacial score (nSPS) is 12.2. The molecule has 1 unspecified atom stereocenters. The molecule has 0 spiro atoms. The molecule has 1 heterocycles. The molecule has 0 radical (unpaired) electrons. The van der Waals surface area contributed by atoms with Crippen LogP contribution in [0.5, 0.6) is 11.5 Å². The molecule has 0 saturated heterocycles. The Hall–Kier alpha value is -1.46. The van der Waals surface area contributed by atoms with Crippen LogP contribution in [0.4, 0.5) is 0 Å². The van der Waals surface area contributed by atoms with Gasteiger partial charge in [0.05, 0.1) is 25.5 Å². The quantitative estimate of drug-likeness (QED) is 0.867. The van der Waals surface area contributed by atoms with E-state index in [-0.39, 0.29) is 6.04 Å². The van der Waals surface area contributed by atoms with Gasteiger partial charge in [0.1, 0.15) is 5.76 Å². The Morgan fingerprint density at radius 1 is 1.20 bits per heavy atom. The van der Waals surface area contributed by atoms with Gasteiger partial charge in [0.15, 0.2) is 11.5 Å². The predicted octanol–water partition coefficient (Wildman–Crippen LogP) is 3.89.